The summed E-state index contributed by atoms with van der Waals surface area (Å²) >= 11 is 0. The zero-order valence-electron chi connectivity index (χ0n) is 19.0. The van der Waals surface area contributed by atoms with E-state index in [1.807, 2.05) is 19.1 Å². The van der Waals surface area contributed by atoms with Gasteiger partial charge in [0.05, 0.1) is 26.5 Å². The molecule has 0 aliphatic heterocycles. The van der Waals surface area contributed by atoms with E-state index < -0.39 is 11.9 Å². The highest BCUT2D eigenvalue weighted by Crippen LogP contribution is 2.28. The average Bonchev–Trinajstić information content (AvgIpc) is 2.80. The minimum absolute atomic E-state index is 0.362. The first-order valence-corrected chi connectivity index (χ1v) is 10.7. The van der Waals surface area contributed by atoms with E-state index in [9.17, 15) is 9.59 Å². The third-order valence-corrected chi connectivity index (χ3v) is 4.50. The molecule has 0 fully saturated rings. The van der Waals surface area contributed by atoms with Crippen molar-refractivity contribution in [1.29, 1.82) is 0 Å². The molecule has 0 aliphatic carbocycles. The van der Waals surface area contributed by atoms with Crippen molar-refractivity contribution in [3.63, 3.8) is 0 Å². The van der Waals surface area contributed by atoms with E-state index >= 15 is 0 Å². The first-order chi connectivity index (χ1) is 15.5. The Morgan fingerprint density at radius 1 is 1.06 bits per heavy atom. The summed E-state index contributed by atoms with van der Waals surface area (Å²) in [6, 6.07) is 11.3. The number of carbonyl (C=O) groups excluding carboxylic acids is 2. The number of amides is 2. The minimum Gasteiger partial charge on any atom is -0.497 e. The lowest BCUT2D eigenvalue weighted by molar-refractivity contribution is -0.122. The van der Waals surface area contributed by atoms with Gasteiger partial charge in [-0.3, -0.25) is 9.59 Å². The fourth-order valence-electron chi connectivity index (χ4n) is 2.67. The van der Waals surface area contributed by atoms with E-state index in [0.717, 1.165) is 18.4 Å². The van der Waals surface area contributed by atoms with E-state index in [1.165, 1.54) is 6.21 Å². The van der Waals surface area contributed by atoms with Gasteiger partial charge in [0.15, 0.2) is 11.5 Å². The van der Waals surface area contributed by atoms with Crippen LogP contribution in [0.5, 0.6) is 17.2 Å². The van der Waals surface area contributed by atoms with Crippen molar-refractivity contribution in [2.45, 2.75) is 39.7 Å². The standard InChI is InChI=1S/C24H31N3O5/c1-5-7-14-32-21-13-8-18(15-22(21)31-6-2)16-25-27-23(28)17(3)26-24(29)19-9-11-20(30-4)12-10-19/h8-13,15-17H,5-7,14H2,1-4H3,(H,26,29)(H,27,28). The van der Waals surface area contributed by atoms with Gasteiger partial charge >= 0.3 is 0 Å². The number of nitrogens with one attached hydrogen (secondary N) is 2. The van der Waals surface area contributed by atoms with Crippen LogP contribution in [0.1, 0.15) is 49.5 Å². The fourth-order valence-corrected chi connectivity index (χ4v) is 2.67. The monoisotopic (exact) mass is 441 g/mol. The van der Waals surface area contributed by atoms with Crippen LogP contribution < -0.4 is 25.0 Å². The topological polar surface area (TPSA) is 98.2 Å². The van der Waals surface area contributed by atoms with Gasteiger partial charge in [0.25, 0.3) is 11.8 Å². The summed E-state index contributed by atoms with van der Waals surface area (Å²) in [5.74, 6) is 1.15. The van der Waals surface area contributed by atoms with Gasteiger partial charge in [0, 0.05) is 5.56 Å². The van der Waals surface area contributed by atoms with Gasteiger partial charge in [-0.1, -0.05) is 13.3 Å². The number of carbonyl (C=O) groups is 2. The van der Waals surface area contributed by atoms with Gasteiger partial charge in [0.2, 0.25) is 0 Å². The van der Waals surface area contributed by atoms with Crippen molar-refractivity contribution in [2.24, 2.45) is 5.10 Å². The van der Waals surface area contributed by atoms with Crippen LogP contribution >= 0.6 is 0 Å². The quantitative estimate of drug-likeness (QED) is 0.298. The normalized spacial score (nSPS) is 11.6. The molecule has 172 valence electrons. The molecule has 0 radical (unpaired) electrons. The fraction of sp³-hybridized carbons (Fsp3) is 0.375. The zero-order valence-corrected chi connectivity index (χ0v) is 19.0. The Kier molecular flexibility index (Phi) is 10.0. The summed E-state index contributed by atoms with van der Waals surface area (Å²) in [6.45, 7) is 6.72. The van der Waals surface area contributed by atoms with Crippen molar-refractivity contribution in [3.8, 4) is 17.2 Å². The Morgan fingerprint density at radius 2 is 1.81 bits per heavy atom. The molecule has 2 aromatic carbocycles. The first kappa shape index (κ1) is 24.7. The molecule has 8 heteroatoms. The maximum Gasteiger partial charge on any atom is 0.262 e. The summed E-state index contributed by atoms with van der Waals surface area (Å²) in [5, 5.41) is 6.62. The molecule has 0 spiro atoms. The second-order valence-electron chi connectivity index (χ2n) is 7.00. The molecular weight excluding hydrogens is 410 g/mol. The number of hydrazone groups is 1. The van der Waals surface area contributed by atoms with Gasteiger partial charge in [-0.2, -0.15) is 5.10 Å². The number of unbranched alkanes of at least 4 members (excludes halogenated alkanes) is 1. The first-order valence-electron chi connectivity index (χ1n) is 10.7. The molecule has 32 heavy (non-hydrogen) atoms. The number of hydrogen-bond donors (Lipinski definition) is 2. The molecule has 2 rings (SSSR count). The largest absolute Gasteiger partial charge is 0.497 e. The second-order valence-corrected chi connectivity index (χ2v) is 7.00. The summed E-state index contributed by atoms with van der Waals surface area (Å²) in [4.78, 5) is 24.5. The Balaban J connectivity index is 1.92. The van der Waals surface area contributed by atoms with E-state index in [1.54, 1.807) is 44.4 Å². The third-order valence-electron chi connectivity index (χ3n) is 4.50. The minimum atomic E-state index is -0.768. The Bertz CT molecular complexity index is 912. The number of rotatable bonds is 12. The molecule has 8 nitrogen and oxygen atoms in total. The van der Waals surface area contributed by atoms with Crippen molar-refractivity contribution in [2.75, 3.05) is 20.3 Å². The van der Waals surface area contributed by atoms with E-state index in [4.69, 9.17) is 14.2 Å². The molecule has 0 heterocycles. The van der Waals surface area contributed by atoms with Gasteiger partial charge in [0.1, 0.15) is 11.8 Å². The molecule has 2 N–H and O–H groups in total. The van der Waals surface area contributed by atoms with Crippen LogP contribution in [0.2, 0.25) is 0 Å². The van der Waals surface area contributed by atoms with Crippen LogP contribution in [0.4, 0.5) is 0 Å². The molecular formula is C24H31N3O5. The van der Waals surface area contributed by atoms with Gasteiger partial charge in [-0.25, -0.2) is 5.43 Å². The summed E-state index contributed by atoms with van der Waals surface area (Å²) in [7, 11) is 1.55. The van der Waals surface area contributed by atoms with Crippen molar-refractivity contribution < 1.29 is 23.8 Å². The number of benzene rings is 2. The predicted octanol–water partition coefficient (Wildman–Crippen LogP) is 3.54. The van der Waals surface area contributed by atoms with E-state index in [2.05, 4.69) is 22.8 Å². The van der Waals surface area contributed by atoms with Crippen LogP contribution in [0.15, 0.2) is 47.6 Å². The molecule has 0 bridgehead atoms. The molecule has 0 aromatic heterocycles. The molecule has 1 unspecified atom stereocenters. The lowest BCUT2D eigenvalue weighted by Crippen LogP contribution is -2.43. The zero-order chi connectivity index (χ0) is 23.3. The number of methoxy groups -OCH3 is 1. The van der Waals surface area contributed by atoms with Crippen LogP contribution in [-0.2, 0) is 4.79 Å². The lowest BCUT2D eigenvalue weighted by Gasteiger charge is -2.13. The Morgan fingerprint density at radius 3 is 2.47 bits per heavy atom. The van der Waals surface area contributed by atoms with Gasteiger partial charge < -0.3 is 19.5 Å². The molecule has 0 saturated carbocycles. The molecule has 0 saturated heterocycles. The van der Waals surface area contributed by atoms with Crippen LogP contribution in [0, 0.1) is 0 Å². The predicted molar refractivity (Wildman–Crippen MR) is 124 cm³/mol. The SMILES string of the molecule is CCCCOc1ccc(C=NNC(=O)C(C)NC(=O)c2ccc(OC)cc2)cc1OCC. The van der Waals surface area contributed by atoms with Crippen molar-refractivity contribution >= 4 is 18.0 Å². The van der Waals surface area contributed by atoms with Crippen LogP contribution in [0.3, 0.4) is 0 Å². The van der Waals surface area contributed by atoms with E-state index in [-0.39, 0.29) is 5.91 Å². The van der Waals surface area contributed by atoms with Crippen LogP contribution in [0.25, 0.3) is 0 Å². The van der Waals surface area contributed by atoms with Crippen molar-refractivity contribution in [1.82, 2.24) is 10.7 Å². The summed E-state index contributed by atoms with van der Waals surface area (Å²) in [5.41, 5.74) is 3.61. The maximum atomic E-state index is 12.3. The number of hydrogen-bond acceptors (Lipinski definition) is 6. The van der Waals surface area contributed by atoms with Gasteiger partial charge in [-0.15, -0.1) is 0 Å². The summed E-state index contributed by atoms with van der Waals surface area (Å²) < 4.78 is 16.5. The van der Waals surface area contributed by atoms with Crippen LogP contribution in [-0.4, -0.2) is 44.4 Å². The number of ether oxygens (including phenoxy) is 3. The average molecular weight is 442 g/mol. The van der Waals surface area contributed by atoms with E-state index in [0.29, 0.717) is 36.0 Å². The highest BCUT2D eigenvalue weighted by molar-refractivity contribution is 5.97. The molecule has 2 aromatic rings. The number of nitrogens with zero attached hydrogens (tertiary/aromatic N) is 1. The lowest BCUT2D eigenvalue weighted by atomic mass is 10.2. The molecule has 0 aliphatic rings. The smallest absolute Gasteiger partial charge is 0.262 e. The highest BCUT2D eigenvalue weighted by atomic mass is 16.5. The van der Waals surface area contributed by atoms with Crippen molar-refractivity contribution in [3.05, 3.63) is 53.6 Å². The molecule has 2 amide bonds. The maximum absolute atomic E-state index is 12.3. The second kappa shape index (κ2) is 13.0. The third kappa shape index (κ3) is 7.61. The molecule has 1 atom stereocenters. The summed E-state index contributed by atoms with van der Waals surface area (Å²) in [6.07, 6.45) is 3.52. The Labute approximate surface area is 188 Å². The Hall–Kier alpha value is -3.55. The highest BCUT2D eigenvalue weighted by Gasteiger charge is 2.16. The van der Waals surface area contributed by atoms with Gasteiger partial charge in [-0.05, 0) is 68.3 Å².